The lowest BCUT2D eigenvalue weighted by Crippen LogP contribution is -2.48. The molecule has 3 rings (SSSR count). The Morgan fingerprint density at radius 2 is 2.04 bits per heavy atom. The van der Waals surface area contributed by atoms with Gasteiger partial charge in [0.15, 0.2) is 0 Å². The zero-order valence-electron chi connectivity index (χ0n) is 14.5. The summed E-state index contributed by atoms with van der Waals surface area (Å²) in [4.78, 5) is 14.5. The van der Waals surface area contributed by atoms with Crippen molar-refractivity contribution < 1.29 is 9.90 Å². The zero-order valence-corrected chi connectivity index (χ0v) is 16.0. The van der Waals surface area contributed by atoms with Gasteiger partial charge in [-0.1, -0.05) is 35.3 Å². The van der Waals surface area contributed by atoms with Crippen molar-refractivity contribution in [1.29, 1.82) is 5.26 Å². The Hall–Kier alpha value is -2.26. The minimum absolute atomic E-state index is 0.0848. The van der Waals surface area contributed by atoms with Crippen LogP contribution in [0.1, 0.15) is 36.5 Å². The summed E-state index contributed by atoms with van der Waals surface area (Å²) in [6.07, 6.45) is 1.98. The van der Waals surface area contributed by atoms with Gasteiger partial charge in [0.05, 0.1) is 34.3 Å². The van der Waals surface area contributed by atoms with Crippen LogP contribution in [0.4, 0.5) is 10.5 Å². The van der Waals surface area contributed by atoms with E-state index in [-0.39, 0.29) is 18.6 Å². The van der Waals surface area contributed by atoms with Gasteiger partial charge in [0.25, 0.3) is 0 Å². The highest BCUT2D eigenvalue weighted by atomic mass is 35.5. The molecule has 140 valence electrons. The highest BCUT2D eigenvalue weighted by molar-refractivity contribution is 6.42. The molecule has 1 aliphatic rings. The minimum Gasteiger partial charge on any atom is -0.387 e. The first-order chi connectivity index (χ1) is 13.0. The largest absolute Gasteiger partial charge is 0.387 e. The Kier molecular flexibility index (Phi) is 6.22. The third-order valence-electron chi connectivity index (χ3n) is 4.72. The molecule has 0 bridgehead atoms. The van der Waals surface area contributed by atoms with Crippen LogP contribution in [0.3, 0.4) is 0 Å². The van der Waals surface area contributed by atoms with Crippen molar-refractivity contribution in [2.45, 2.75) is 31.4 Å². The maximum absolute atomic E-state index is 12.8. The van der Waals surface area contributed by atoms with E-state index >= 15 is 0 Å². The Morgan fingerprint density at radius 3 is 2.67 bits per heavy atom. The third kappa shape index (κ3) is 4.72. The lowest BCUT2D eigenvalue weighted by molar-refractivity contribution is 0.0840. The number of anilines is 1. The predicted octanol–water partition coefficient (Wildman–Crippen LogP) is 4.99. The van der Waals surface area contributed by atoms with Gasteiger partial charge in [0, 0.05) is 11.7 Å². The van der Waals surface area contributed by atoms with Crippen LogP contribution in [0.2, 0.25) is 10.0 Å². The van der Waals surface area contributed by atoms with Crippen LogP contribution in [0.5, 0.6) is 0 Å². The number of urea groups is 1. The van der Waals surface area contributed by atoms with Crippen molar-refractivity contribution in [2.75, 3.05) is 11.9 Å². The van der Waals surface area contributed by atoms with E-state index in [0.29, 0.717) is 26.9 Å². The average molecular weight is 404 g/mol. The number of aliphatic hydroxyl groups excluding tert-OH is 1. The molecule has 0 spiro atoms. The van der Waals surface area contributed by atoms with Gasteiger partial charge < -0.3 is 15.3 Å². The quantitative estimate of drug-likeness (QED) is 0.738. The molecule has 0 aliphatic heterocycles. The maximum atomic E-state index is 12.8. The first kappa shape index (κ1) is 19.5. The molecular formula is C20H19Cl2N3O2. The number of carbonyl (C=O) groups is 1. The molecule has 2 amide bonds. The molecule has 0 aromatic heterocycles. The number of nitriles is 1. The first-order valence-corrected chi connectivity index (χ1v) is 9.44. The number of aliphatic hydroxyl groups is 1. The van der Waals surface area contributed by atoms with Crippen LogP contribution in [0, 0.1) is 11.3 Å². The zero-order chi connectivity index (χ0) is 19.4. The number of benzene rings is 2. The number of carbonyl (C=O) groups excluding carboxylic acids is 1. The summed E-state index contributed by atoms with van der Waals surface area (Å²) >= 11 is 12.0. The highest BCUT2D eigenvalue weighted by Gasteiger charge is 2.31. The SMILES string of the molecule is N#Cc1cccc(NC(=O)N(C[C@@H](O)c2ccc(Cl)c(Cl)c2)C2CCC2)c1. The molecule has 7 heteroatoms. The molecule has 0 radical (unpaired) electrons. The third-order valence-corrected chi connectivity index (χ3v) is 5.46. The maximum Gasteiger partial charge on any atom is 0.322 e. The van der Waals surface area contributed by atoms with Crippen molar-refractivity contribution in [3.63, 3.8) is 0 Å². The van der Waals surface area contributed by atoms with E-state index in [1.165, 1.54) is 0 Å². The summed E-state index contributed by atoms with van der Waals surface area (Å²) in [6, 6.07) is 13.5. The Labute approximate surface area is 168 Å². The number of amides is 2. The van der Waals surface area contributed by atoms with Gasteiger partial charge in [0.2, 0.25) is 0 Å². The topological polar surface area (TPSA) is 76.4 Å². The van der Waals surface area contributed by atoms with E-state index in [4.69, 9.17) is 28.5 Å². The summed E-state index contributed by atoms with van der Waals surface area (Å²) < 4.78 is 0. The molecular weight excluding hydrogens is 385 g/mol. The molecule has 1 aliphatic carbocycles. The molecule has 2 aromatic rings. The summed E-state index contributed by atoms with van der Waals surface area (Å²) in [7, 11) is 0. The summed E-state index contributed by atoms with van der Waals surface area (Å²) in [5, 5.41) is 23.2. The molecule has 2 aromatic carbocycles. The number of nitrogens with one attached hydrogen (secondary N) is 1. The monoisotopic (exact) mass is 403 g/mol. The number of hydrogen-bond acceptors (Lipinski definition) is 3. The van der Waals surface area contributed by atoms with E-state index in [1.807, 2.05) is 0 Å². The normalized spacial score (nSPS) is 14.7. The molecule has 2 N–H and O–H groups in total. The second-order valence-electron chi connectivity index (χ2n) is 6.55. The van der Waals surface area contributed by atoms with Crippen molar-refractivity contribution >= 4 is 34.9 Å². The van der Waals surface area contributed by atoms with Gasteiger partial charge in [-0.2, -0.15) is 5.26 Å². The van der Waals surface area contributed by atoms with Gasteiger partial charge in [0.1, 0.15) is 0 Å². The van der Waals surface area contributed by atoms with Gasteiger partial charge in [-0.25, -0.2) is 4.79 Å². The molecule has 1 saturated carbocycles. The van der Waals surface area contributed by atoms with E-state index in [0.717, 1.165) is 19.3 Å². The molecule has 0 heterocycles. The standard InChI is InChI=1S/C20H19Cl2N3O2/c21-17-8-7-14(10-18(17)22)19(26)12-25(16-5-2-6-16)20(27)24-15-4-1-3-13(9-15)11-23/h1,3-4,7-10,16,19,26H,2,5-6,12H2,(H,24,27)/t19-/m1/s1. The number of rotatable bonds is 5. The Balaban J connectivity index is 1.74. The lowest BCUT2D eigenvalue weighted by Gasteiger charge is -2.38. The fourth-order valence-corrected chi connectivity index (χ4v) is 3.28. The number of halogens is 2. The van der Waals surface area contributed by atoms with Gasteiger partial charge >= 0.3 is 6.03 Å². The van der Waals surface area contributed by atoms with Crippen LogP contribution in [0.15, 0.2) is 42.5 Å². The minimum atomic E-state index is -0.878. The highest BCUT2D eigenvalue weighted by Crippen LogP contribution is 2.30. The molecule has 0 unspecified atom stereocenters. The number of hydrogen-bond donors (Lipinski definition) is 2. The molecule has 1 atom stereocenters. The van der Waals surface area contributed by atoms with Crippen molar-refractivity contribution in [3.05, 3.63) is 63.6 Å². The van der Waals surface area contributed by atoms with Crippen LogP contribution >= 0.6 is 23.2 Å². The Bertz CT molecular complexity index is 878. The van der Waals surface area contributed by atoms with E-state index in [1.54, 1.807) is 47.4 Å². The fraction of sp³-hybridized carbons (Fsp3) is 0.300. The van der Waals surface area contributed by atoms with Crippen molar-refractivity contribution in [2.24, 2.45) is 0 Å². The summed E-state index contributed by atoms with van der Waals surface area (Å²) in [5.74, 6) is 0. The van der Waals surface area contributed by atoms with Gasteiger partial charge in [-0.05, 0) is 55.2 Å². The van der Waals surface area contributed by atoms with Crippen LogP contribution < -0.4 is 5.32 Å². The predicted molar refractivity (Wildman–Crippen MR) is 106 cm³/mol. The van der Waals surface area contributed by atoms with E-state index in [2.05, 4.69) is 11.4 Å². The molecule has 1 fully saturated rings. The van der Waals surface area contributed by atoms with Crippen LogP contribution in [-0.2, 0) is 0 Å². The second kappa shape index (κ2) is 8.62. The fourth-order valence-electron chi connectivity index (χ4n) is 2.97. The summed E-state index contributed by atoms with van der Waals surface area (Å²) in [5.41, 5.74) is 1.62. The Morgan fingerprint density at radius 1 is 1.26 bits per heavy atom. The van der Waals surface area contributed by atoms with E-state index in [9.17, 15) is 9.90 Å². The van der Waals surface area contributed by atoms with Crippen LogP contribution in [-0.4, -0.2) is 28.6 Å². The van der Waals surface area contributed by atoms with E-state index < -0.39 is 6.10 Å². The van der Waals surface area contributed by atoms with Gasteiger partial charge in [-0.3, -0.25) is 0 Å². The molecule has 0 saturated heterocycles. The first-order valence-electron chi connectivity index (χ1n) is 8.68. The van der Waals surface area contributed by atoms with Crippen molar-refractivity contribution in [1.82, 2.24) is 4.90 Å². The summed E-state index contributed by atoms with van der Waals surface area (Å²) in [6.45, 7) is 0.145. The molecule has 27 heavy (non-hydrogen) atoms. The van der Waals surface area contributed by atoms with Crippen molar-refractivity contribution in [3.8, 4) is 6.07 Å². The smallest absolute Gasteiger partial charge is 0.322 e. The second-order valence-corrected chi connectivity index (χ2v) is 7.36. The van der Waals surface area contributed by atoms with Crippen LogP contribution in [0.25, 0.3) is 0 Å². The molecule has 5 nitrogen and oxygen atoms in total. The number of nitrogens with zero attached hydrogens (tertiary/aromatic N) is 2. The average Bonchev–Trinajstić information content (AvgIpc) is 2.62. The lowest BCUT2D eigenvalue weighted by atomic mass is 9.91. The van der Waals surface area contributed by atoms with Gasteiger partial charge in [-0.15, -0.1) is 0 Å².